The molecule has 1 fully saturated rings. The monoisotopic (exact) mass is 274 g/mol. The molecule has 1 N–H and O–H groups in total. The first-order valence-electron chi connectivity index (χ1n) is 7.13. The molecule has 0 aromatic heterocycles. The maximum atomic E-state index is 12.2. The SMILES string of the molecule is Cc1ccc(CNC(=O)C2CCC(=O)N2C(C)C)cc1. The Bertz CT molecular complexity index is 494. The van der Waals surface area contributed by atoms with Gasteiger partial charge in [0.2, 0.25) is 11.8 Å². The average molecular weight is 274 g/mol. The van der Waals surface area contributed by atoms with Crippen molar-refractivity contribution < 1.29 is 9.59 Å². The Morgan fingerprint density at radius 2 is 2.00 bits per heavy atom. The first kappa shape index (κ1) is 14.6. The smallest absolute Gasteiger partial charge is 0.243 e. The molecule has 4 nitrogen and oxygen atoms in total. The second kappa shape index (κ2) is 6.07. The molecule has 0 aliphatic carbocycles. The minimum absolute atomic E-state index is 0.0508. The molecule has 2 rings (SSSR count). The molecular weight excluding hydrogens is 252 g/mol. The van der Waals surface area contributed by atoms with Crippen molar-refractivity contribution in [3.8, 4) is 0 Å². The Kier molecular flexibility index (Phi) is 4.42. The summed E-state index contributed by atoms with van der Waals surface area (Å²) in [4.78, 5) is 25.7. The molecule has 2 amide bonds. The van der Waals surface area contributed by atoms with E-state index in [2.05, 4.69) is 5.32 Å². The molecule has 1 aromatic carbocycles. The number of likely N-dealkylation sites (tertiary alicyclic amines) is 1. The largest absolute Gasteiger partial charge is 0.350 e. The third-order valence-corrected chi connectivity index (χ3v) is 3.70. The van der Waals surface area contributed by atoms with Gasteiger partial charge in [0.05, 0.1) is 0 Å². The van der Waals surface area contributed by atoms with Gasteiger partial charge in [-0.1, -0.05) is 29.8 Å². The fourth-order valence-corrected chi connectivity index (χ4v) is 2.62. The van der Waals surface area contributed by atoms with Gasteiger partial charge in [0.1, 0.15) is 6.04 Å². The number of aryl methyl sites for hydroxylation is 1. The zero-order valence-corrected chi connectivity index (χ0v) is 12.3. The summed E-state index contributed by atoms with van der Waals surface area (Å²) in [6.45, 7) is 6.44. The van der Waals surface area contributed by atoms with Gasteiger partial charge in [0, 0.05) is 19.0 Å². The van der Waals surface area contributed by atoms with Crippen molar-refractivity contribution in [1.29, 1.82) is 0 Å². The number of hydrogen-bond acceptors (Lipinski definition) is 2. The second-order valence-corrected chi connectivity index (χ2v) is 5.65. The normalized spacial score (nSPS) is 18.7. The van der Waals surface area contributed by atoms with Crippen LogP contribution in [0, 0.1) is 6.92 Å². The van der Waals surface area contributed by atoms with E-state index in [1.54, 1.807) is 4.90 Å². The molecule has 1 aliphatic heterocycles. The number of nitrogens with one attached hydrogen (secondary N) is 1. The zero-order chi connectivity index (χ0) is 14.7. The van der Waals surface area contributed by atoms with Crippen LogP contribution in [0.2, 0.25) is 0 Å². The fourth-order valence-electron chi connectivity index (χ4n) is 2.62. The minimum atomic E-state index is -0.312. The summed E-state index contributed by atoms with van der Waals surface area (Å²) in [6, 6.07) is 7.83. The number of hydrogen-bond donors (Lipinski definition) is 1. The molecule has 0 radical (unpaired) electrons. The molecule has 4 heteroatoms. The number of amides is 2. The van der Waals surface area contributed by atoms with Crippen molar-refractivity contribution in [2.24, 2.45) is 0 Å². The lowest BCUT2D eigenvalue weighted by atomic mass is 10.1. The number of nitrogens with zero attached hydrogens (tertiary/aromatic N) is 1. The van der Waals surface area contributed by atoms with E-state index in [1.165, 1.54) is 5.56 Å². The van der Waals surface area contributed by atoms with E-state index >= 15 is 0 Å². The maximum Gasteiger partial charge on any atom is 0.243 e. The van der Waals surface area contributed by atoms with E-state index in [0.717, 1.165) is 5.56 Å². The lowest BCUT2D eigenvalue weighted by molar-refractivity contribution is -0.137. The zero-order valence-electron chi connectivity index (χ0n) is 12.3. The van der Waals surface area contributed by atoms with Crippen molar-refractivity contribution in [3.63, 3.8) is 0 Å². The van der Waals surface area contributed by atoms with Gasteiger partial charge in [-0.2, -0.15) is 0 Å². The summed E-state index contributed by atoms with van der Waals surface area (Å²) >= 11 is 0. The van der Waals surface area contributed by atoms with Crippen LogP contribution in [0.5, 0.6) is 0 Å². The van der Waals surface area contributed by atoms with Crippen LogP contribution in [0.1, 0.15) is 37.8 Å². The minimum Gasteiger partial charge on any atom is -0.350 e. The maximum absolute atomic E-state index is 12.2. The average Bonchev–Trinajstić information content (AvgIpc) is 2.80. The van der Waals surface area contributed by atoms with E-state index in [9.17, 15) is 9.59 Å². The Morgan fingerprint density at radius 3 is 2.60 bits per heavy atom. The van der Waals surface area contributed by atoms with E-state index in [4.69, 9.17) is 0 Å². The van der Waals surface area contributed by atoms with Crippen LogP contribution in [-0.2, 0) is 16.1 Å². The highest BCUT2D eigenvalue weighted by molar-refractivity contribution is 5.91. The molecule has 1 aliphatic rings. The van der Waals surface area contributed by atoms with Gasteiger partial charge in [-0.25, -0.2) is 0 Å². The predicted octanol–water partition coefficient (Wildman–Crippen LogP) is 2.01. The van der Waals surface area contributed by atoms with E-state index in [0.29, 0.717) is 19.4 Å². The molecule has 1 heterocycles. The van der Waals surface area contributed by atoms with Gasteiger partial charge in [-0.15, -0.1) is 0 Å². The lowest BCUT2D eigenvalue weighted by Crippen LogP contribution is -2.47. The Hall–Kier alpha value is -1.84. The summed E-state index contributed by atoms with van der Waals surface area (Å²) in [5.41, 5.74) is 2.27. The molecule has 1 aromatic rings. The summed E-state index contributed by atoms with van der Waals surface area (Å²) in [7, 11) is 0. The topological polar surface area (TPSA) is 49.4 Å². The molecular formula is C16H22N2O2. The van der Waals surface area contributed by atoms with Crippen LogP contribution in [0.4, 0.5) is 0 Å². The van der Waals surface area contributed by atoms with E-state index < -0.39 is 0 Å². The number of benzene rings is 1. The predicted molar refractivity (Wildman–Crippen MR) is 78.0 cm³/mol. The standard InChI is InChI=1S/C16H22N2O2/c1-11(2)18-14(8-9-15(18)19)16(20)17-10-13-6-4-12(3)5-7-13/h4-7,11,14H,8-10H2,1-3H3,(H,17,20). The van der Waals surface area contributed by atoms with Crippen LogP contribution in [0.25, 0.3) is 0 Å². The van der Waals surface area contributed by atoms with Gasteiger partial charge < -0.3 is 10.2 Å². The third-order valence-electron chi connectivity index (χ3n) is 3.70. The Balaban J connectivity index is 1.94. The van der Waals surface area contributed by atoms with Crippen molar-refractivity contribution in [3.05, 3.63) is 35.4 Å². The number of rotatable bonds is 4. The van der Waals surface area contributed by atoms with Crippen molar-refractivity contribution in [2.75, 3.05) is 0 Å². The molecule has 1 atom stereocenters. The van der Waals surface area contributed by atoms with Crippen LogP contribution in [0.3, 0.4) is 0 Å². The van der Waals surface area contributed by atoms with Crippen molar-refractivity contribution >= 4 is 11.8 Å². The summed E-state index contributed by atoms with van der Waals surface area (Å²) in [6.07, 6.45) is 1.09. The first-order valence-corrected chi connectivity index (χ1v) is 7.13. The van der Waals surface area contributed by atoms with Crippen LogP contribution in [0.15, 0.2) is 24.3 Å². The first-order chi connectivity index (χ1) is 9.49. The van der Waals surface area contributed by atoms with Crippen LogP contribution >= 0.6 is 0 Å². The molecule has 108 valence electrons. The second-order valence-electron chi connectivity index (χ2n) is 5.65. The van der Waals surface area contributed by atoms with Crippen molar-refractivity contribution in [1.82, 2.24) is 10.2 Å². The summed E-state index contributed by atoms with van der Waals surface area (Å²) in [5.74, 6) is 0.0283. The molecule has 1 unspecified atom stereocenters. The van der Waals surface area contributed by atoms with E-state index in [1.807, 2.05) is 45.0 Å². The Morgan fingerprint density at radius 1 is 1.35 bits per heavy atom. The number of carbonyl (C=O) groups is 2. The molecule has 0 saturated carbocycles. The summed E-state index contributed by atoms with van der Waals surface area (Å²) < 4.78 is 0. The van der Waals surface area contributed by atoms with Crippen molar-refractivity contribution in [2.45, 2.75) is 52.2 Å². The molecule has 0 bridgehead atoms. The molecule has 1 saturated heterocycles. The van der Waals surface area contributed by atoms with Gasteiger partial charge in [0.15, 0.2) is 0 Å². The van der Waals surface area contributed by atoms with Gasteiger partial charge in [-0.05, 0) is 32.8 Å². The van der Waals surface area contributed by atoms with Gasteiger partial charge in [-0.3, -0.25) is 9.59 Å². The fraction of sp³-hybridized carbons (Fsp3) is 0.500. The molecule has 20 heavy (non-hydrogen) atoms. The number of carbonyl (C=O) groups excluding carboxylic acids is 2. The third kappa shape index (κ3) is 3.18. The van der Waals surface area contributed by atoms with Gasteiger partial charge >= 0.3 is 0 Å². The highest BCUT2D eigenvalue weighted by Crippen LogP contribution is 2.21. The quantitative estimate of drug-likeness (QED) is 0.913. The van der Waals surface area contributed by atoms with Crippen LogP contribution < -0.4 is 5.32 Å². The van der Waals surface area contributed by atoms with Gasteiger partial charge in [0.25, 0.3) is 0 Å². The summed E-state index contributed by atoms with van der Waals surface area (Å²) in [5, 5.41) is 2.93. The highest BCUT2D eigenvalue weighted by Gasteiger charge is 2.37. The lowest BCUT2D eigenvalue weighted by Gasteiger charge is -2.27. The van der Waals surface area contributed by atoms with Crippen LogP contribution in [-0.4, -0.2) is 28.8 Å². The highest BCUT2D eigenvalue weighted by atomic mass is 16.2. The van der Waals surface area contributed by atoms with E-state index in [-0.39, 0.29) is 23.9 Å². The molecule has 0 spiro atoms. The Labute approximate surface area is 120 Å².